The number of hydrogen-bond donors (Lipinski definition) is 2. The van der Waals surface area contributed by atoms with E-state index >= 15 is 0 Å². The van der Waals surface area contributed by atoms with Gasteiger partial charge in [-0.05, 0) is 78.4 Å². The molecule has 49 heavy (non-hydrogen) atoms. The molecule has 2 amide bonds. The minimum Gasteiger partial charge on any atom is -0.444 e. The molecule has 0 saturated carbocycles. The Hall–Kier alpha value is -4.04. The summed E-state index contributed by atoms with van der Waals surface area (Å²) in [6.45, 7) is 13.3. The summed E-state index contributed by atoms with van der Waals surface area (Å²) in [6.07, 6.45) is 6.57. The molecule has 1 unspecified atom stereocenters. The van der Waals surface area contributed by atoms with Crippen LogP contribution in [0.1, 0.15) is 101 Å². The van der Waals surface area contributed by atoms with Crippen molar-refractivity contribution >= 4 is 40.5 Å². The lowest BCUT2D eigenvalue weighted by Gasteiger charge is -2.42. The fraction of sp³-hybridized carbons (Fsp3) is 0.657. The number of carbonyl (C=O) groups is 2. The average molecular weight is 676 g/mol. The molecule has 264 valence electrons. The summed E-state index contributed by atoms with van der Waals surface area (Å²) in [5.74, 6) is 1.50. The number of nitrogens with one attached hydrogen (secondary N) is 2. The molecule has 7 rings (SSSR count). The number of rotatable bonds is 5. The minimum absolute atomic E-state index is 0.105. The summed E-state index contributed by atoms with van der Waals surface area (Å²) in [5.41, 5.74) is 2.86. The minimum atomic E-state index is -0.571. The van der Waals surface area contributed by atoms with Crippen molar-refractivity contribution in [1.82, 2.24) is 35.4 Å². The van der Waals surface area contributed by atoms with Crippen LogP contribution in [0.5, 0.6) is 0 Å². The van der Waals surface area contributed by atoms with E-state index in [2.05, 4.69) is 27.4 Å². The molecule has 0 bridgehead atoms. The van der Waals surface area contributed by atoms with Crippen LogP contribution in [0.25, 0.3) is 11.2 Å². The Kier molecular flexibility index (Phi) is 8.89. The van der Waals surface area contributed by atoms with Crippen molar-refractivity contribution in [3.05, 3.63) is 29.7 Å². The smallest absolute Gasteiger partial charge is 0.407 e. The molecule has 3 aromatic heterocycles. The number of ether oxygens (including phenoxy) is 3. The number of amides is 2. The van der Waals surface area contributed by atoms with E-state index in [9.17, 15) is 9.59 Å². The first kappa shape index (κ1) is 33.5. The molecule has 3 aromatic rings. The number of alkyl carbamates (subject to hydrolysis) is 1. The maximum absolute atomic E-state index is 12.8. The summed E-state index contributed by atoms with van der Waals surface area (Å²) in [5, 5.41) is 11.0. The lowest BCUT2D eigenvalue weighted by molar-refractivity contribution is -0.0368. The summed E-state index contributed by atoms with van der Waals surface area (Å²) in [4.78, 5) is 44.6. The van der Waals surface area contributed by atoms with E-state index in [-0.39, 0.29) is 35.6 Å². The van der Waals surface area contributed by atoms with E-state index < -0.39 is 11.7 Å². The second kappa shape index (κ2) is 13.0. The van der Waals surface area contributed by atoms with Crippen LogP contribution in [0.4, 0.5) is 22.1 Å². The van der Waals surface area contributed by atoms with Crippen LogP contribution in [0.15, 0.2) is 18.3 Å². The Bertz CT molecular complexity index is 1710. The topological polar surface area (TPSA) is 149 Å². The molecular formula is C35H49N9O5. The molecule has 4 aliphatic heterocycles. The first-order chi connectivity index (χ1) is 23.5. The largest absolute Gasteiger partial charge is 0.444 e. The Morgan fingerprint density at radius 1 is 1.04 bits per heavy atom. The van der Waals surface area contributed by atoms with E-state index in [1.165, 1.54) is 0 Å². The summed E-state index contributed by atoms with van der Waals surface area (Å²) < 4.78 is 19.9. The normalized spacial score (nSPS) is 25.3. The summed E-state index contributed by atoms with van der Waals surface area (Å²) in [7, 11) is 1.62. The highest BCUT2D eigenvalue weighted by Gasteiger charge is 2.50. The molecular weight excluding hydrogens is 626 g/mol. The maximum Gasteiger partial charge on any atom is 0.407 e. The second-order valence-corrected chi connectivity index (χ2v) is 15.0. The third-order valence-electron chi connectivity index (χ3n) is 10.5. The van der Waals surface area contributed by atoms with Gasteiger partial charge < -0.3 is 34.6 Å². The van der Waals surface area contributed by atoms with Gasteiger partial charge in [0.2, 0.25) is 0 Å². The average Bonchev–Trinajstić information content (AvgIpc) is 3.61. The van der Waals surface area contributed by atoms with Crippen LogP contribution in [-0.2, 0) is 14.2 Å². The van der Waals surface area contributed by atoms with E-state index in [1.54, 1.807) is 13.1 Å². The molecule has 1 spiro atoms. The van der Waals surface area contributed by atoms with Crippen LogP contribution in [0.2, 0.25) is 0 Å². The van der Waals surface area contributed by atoms with Gasteiger partial charge in [-0.1, -0.05) is 6.92 Å². The predicted octanol–water partition coefficient (Wildman–Crippen LogP) is 4.82. The van der Waals surface area contributed by atoms with Crippen LogP contribution in [-0.4, -0.2) is 94.4 Å². The SMILES string of the molecule is CNC(=O)c1ccc2c(n1)[C@@H](C)CCN2c1nn(C2CCCCO2)c2nc(N3CCC4(CC3)CO[C@@H](C)[C@H]4NC(=O)OC(C)(C)C)cnc12. The molecule has 0 aliphatic carbocycles. The molecule has 0 aromatic carbocycles. The van der Waals surface area contributed by atoms with Crippen molar-refractivity contribution < 1.29 is 23.8 Å². The van der Waals surface area contributed by atoms with Gasteiger partial charge in [0.05, 0.1) is 36.3 Å². The number of fused-ring (bicyclic) bond motifs is 2. The predicted molar refractivity (Wildman–Crippen MR) is 184 cm³/mol. The highest BCUT2D eigenvalue weighted by molar-refractivity contribution is 5.93. The third-order valence-corrected chi connectivity index (χ3v) is 10.5. The molecule has 14 heteroatoms. The number of aromatic nitrogens is 5. The molecule has 4 atom stereocenters. The fourth-order valence-corrected chi connectivity index (χ4v) is 7.77. The molecule has 4 aliphatic rings. The highest BCUT2D eigenvalue weighted by Crippen LogP contribution is 2.44. The van der Waals surface area contributed by atoms with Crippen LogP contribution in [0.3, 0.4) is 0 Å². The van der Waals surface area contributed by atoms with Gasteiger partial charge in [0.1, 0.15) is 17.1 Å². The lowest BCUT2D eigenvalue weighted by atomic mass is 9.73. The van der Waals surface area contributed by atoms with Crippen molar-refractivity contribution in [2.45, 2.75) is 103 Å². The van der Waals surface area contributed by atoms with Crippen molar-refractivity contribution in [2.24, 2.45) is 5.41 Å². The zero-order valence-corrected chi connectivity index (χ0v) is 29.5. The maximum atomic E-state index is 12.8. The summed E-state index contributed by atoms with van der Waals surface area (Å²) >= 11 is 0. The van der Waals surface area contributed by atoms with Crippen molar-refractivity contribution in [3.8, 4) is 0 Å². The number of hydrogen-bond acceptors (Lipinski definition) is 11. The van der Waals surface area contributed by atoms with Gasteiger partial charge >= 0.3 is 6.09 Å². The Morgan fingerprint density at radius 3 is 2.55 bits per heavy atom. The molecule has 0 radical (unpaired) electrons. The van der Waals surface area contributed by atoms with Crippen LogP contribution in [0, 0.1) is 5.41 Å². The number of anilines is 3. The van der Waals surface area contributed by atoms with Gasteiger partial charge in [-0.25, -0.2) is 24.4 Å². The zero-order valence-electron chi connectivity index (χ0n) is 29.5. The number of carbonyl (C=O) groups excluding carboxylic acids is 2. The molecule has 14 nitrogen and oxygen atoms in total. The van der Waals surface area contributed by atoms with Gasteiger partial charge in [0.15, 0.2) is 23.2 Å². The standard InChI is InChI=1S/C35H49N9O5/c1-21-12-15-43(24-11-10-23(32(45)36-6)38-27(21)24)31-28-30(44(41-31)26-9-7-8-18-47-26)39-25(19-37-28)42-16-13-35(14-17-42)20-48-22(2)29(35)40-33(46)49-34(3,4)5/h10-11,19,21-22,26,29H,7-9,12-18,20H2,1-6H3,(H,36,45)(H,40,46)/t21-,22-,26?,29+/m0/s1. The van der Waals surface area contributed by atoms with Gasteiger partial charge in [0, 0.05) is 44.6 Å². The van der Waals surface area contributed by atoms with Gasteiger partial charge in [-0.3, -0.25) is 4.79 Å². The first-order valence-electron chi connectivity index (χ1n) is 17.7. The number of pyridine rings is 1. The van der Waals surface area contributed by atoms with E-state index in [1.807, 2.05) is 44.6 Å². The monoisotopic (exact) mass is 675 g/mol. The molecule has 2 N–H and O–H groups in total. The zero-order chi connectivity index (χ0) is 34.5. The highest BCUT2D eigenvalue weighted by atomic mass is 16.6. The van der Waals surface area contributed by atoms with E-state index in [4.69, 9.17) is 34.3 Å². The summed E-state index contributed by atoms with van der Waals surface area (Å²) in [6, 6.07) is 3.60. The van der Waals surface area contributed by atoms with Crippen molar-refractivity contribution in [1.29, 1.82) is 0 Å². The van der Waals surface area contributed by atoms with Crippen molar-refractivity contribution in [2.75, 3.05) is 49.7 Å². The molecule has 7 heterocycles. The van der Waals surface area contributed by atoms with Crippen molar-refractivity contribution in [3.63, 3.8) is 0 Å². The van der Waals surface area contributed by atoms with Crippen LogP contribution >= 0.6 is 0 Å². The fourth-order valence-electron chi connectivity index (χ4n) is 7.77. The van der Waals surface area contributed by atoms with Crippen LogP contribution < -0.4 is 20.4 Å². The number of piperidine rings is 1. The molecule has 3 fully saturated rings. The first-order valence-corrected chi connectivity index (χ1v) is 17.7. The second-order valence-electron chi connectivity index (χ2n) is 15.0. The van der Waals surface area contributed by atoms with E-state index in [0.29, 0.717) is 30.1 Å². The Morgan fingerprint density at radius 2 is 1.84 bits per heavy atom. The van der Waals surface area contributed by atoms with Gasteiger partial charge in [-0.15, -0.1) is 5.10 Å². The third kappa shape index (κ3) is 6.40. The molecule has 3 saturated heterocycles. The van der Waals surface area contributed by atoms with E-state index in [0.717, 1.165) is 81.2 Å². The quantitative estimate of drug-likeness (QED) is 0.383. The van der Waals surface area contributed by atoms with Gasteiger partial charge in [0.25, 0.3) is 5.91 Å². The Labute approximate surface area is 287 Å². The van der Waals surface area contributed by atoms with Gasteiger partial charge in [-0.2, -0.15) is 0 Å². The lowest BCUT2D eigenvalue weighted by Crippen LogP contribution is -2.55. The Balaban J connectivity index is 1.18. The number of nitrogens with zero attached hydrogens (tertiary/aromatic N) is 7.